The molecule has 0 radical (unpaired) electrons. The van der Waals surface area contributed by atoms with E-state index in [4.69, 9.17) is 4.74 Å². The van der Waals surface area contributed by atoms with Gasteiger partial charge in [0.1, 0.15) is 10.6 Å². The van der Waals surface area contributed by atoms with Crippen LogP contribution in [0.1, 0.15) is 18.5 Å². The zero-order valence-electron chi connectivity index (χ0n) is 13.0. The molecule has 0 aliphatic carbocycles. The Hall–Kier alpha value is -1.99. The van der Waals surface area contributed by atoms with Gasteiger partial charge in [-0.05, 0) is 36.8 Å². The minimum absolute atomic E-state index is 0.0134. The number of methoxy groups -OCH3 is 1. The Morgan fingerprint density at radius 1 is 1.09 bits per heavy atom. The van der Waals surface area contributed by atoms with Crippen molar-refractivity contribution < 1.29 is 21.9 Å². The fourth-order valence-electron chi connectivity index (χ4n) is 2.18. The zero-order valence-corrected chi connectivity index (χ0v) is 13.8. The van der Waals surface area contributed by atoms with Crippen LogP contribution in [0.25, 0.3) is 0 Å². The van der Waals surface area contributed by atoms with Gasteiger partial charge in [-0.1, -0.05) is 18.2 Å². The number of benzene rings is 2. The van der Waals surface area contributed by atoms with E-state index < -0.39 is 27.7 Å². The molecule has 0 saturated carbocycles. The van der Waals surface area contributed by atoms with Crippen molar-refractivity contribution in [1.82, 2.24) is 4.31 Å². The number of hydrogen-bond donors (Lipinski definition) is 0. The topological polar surface area (TPSA) is 46.6 Å². The molecule has 4 nitrogen and oxygen atoms in total. The quantitative estimate of drug-likeness (QED) is 0.838. The van der Waals surface area contributed by atoms with Gasteiger partial charge in [-0.2, -0.15) is 4.31 Å². The molecule has 2 aromatic carbocycles. The largest absolute Gasteiger partial charge is 0.495 e. The van der Waals surface area contributed by atoms with E-state index in [1.54, 1.807) is 25.1 Å². The molecule has 2 aromatic rings. The number of halogens is 2. The highest BCUT2D eigenvalue weighted by atomic mass is 32.2. The van der Waals surface area contributed by atoms with Crippen molar-refractivity contribution >= 4 is 10.0 Å². The minimum Gasteiger partial charge on any atom is -0.495 e. The van der Waals surface area contributed by atoms with E-state index in [0.717, 1.165) is 16.4 Å². The van der Waals surface area contributed by atoms with Crippen LogP contribution in [0.15, 0.2) is 47.4 Å². The lowest BCUT2D eigenvalue weighted by atomic mass is 10.1. The lowest BCUT2D eigenvalue weighted by Crippen LogP contribution is -2.30. The van der Waals surface area contributed by atoms with E-state index in [9.17, 15) is 17.2 Å². The maximum Gasteiger partial charge on any atom is 0.247 e. The summed E-state index contributed by atoms with van der Waals surface area (Å²) in [6, 6.07) is 8.88. The van der Waals surface area contributed by atoms with Crippen LogP contribution in [0.2, 0.25) is 0 Å². The Morgan fingerprint density at radius 3 is 2.35 bits per heavy atom. The molecule has 0 N–H and O–H groups in total. The molecule has 0 amide bonds. The molecule has 1 unspecified atom stereocenters. The standard InChI is InChI=1S/C16H17F2NO3S/c1-11(12-8-9-13(17)14(18)10-12)19(2)23(20,21)16-7-5-4-6-15(16)22-3/h4-11H,1-3H3. The molecule has 7 heteroatoms. The van der Waals surface area contributed by atoms with Gasteiger partial charge in [0.2, 0.25) is 10.0 Å². The molecule has 0 aliphatic rings. The van der Waals surface area contributed by atoms with Crippen molar-refractivity contribution in [1.29, 1.82) is 0 Å². The minimum atomic E-state index is -3.86. The monoisotopic (exact) mass is 341 g/mol. The number of sulfonamides is 1. The number of rotatable bonds is 5. The highest BCUT2D eigenvalue weighted by Gasteiger charge is 2.29. The second kappa shape index (κ2) is 6.64. The number of nitrogens with zero attached hydrogens (tertiary/aromatic N) is 1. The molecule has 0 saturated heterocycles. The molecule has 2 rings (SSSR count). The van der Waals surface area contributed by atoms with Gasteiger partial charge in [-0.3, -0.25) is 0 Å². The average Bonchev–Trinajstić information content (AvgIpc) is 2.55. The molecule has 0 aliphatic heterocycles. The predicted molar refractivity (Wildman–Crippen MR) is 82.7 cm³/mol. The van der Waals surface area contributed by atoms with Gasteiger partial charge in [0.25, 0.3) is 0 Å². The first kappa shape index (κ1) is 17.4. The third-order valence-electron chi connectivity index (χ3n) is 3.70. The van der Waals surface area contributed by atoms with Crippen LogP contribution in [0.3, 0.4) is 0 Å². The number of hydrogen-bond acceptors (Lipinski definition) is 3. The van der Waals surface area contributed by atoms with Crippen LogP contribution in [-0.2, 0) is 10.0 Å². The Balaban J connectivity index is 2.41. The smallest absolute Gasteiger partial charge is 0.247 e. The lowest BCUT2D eigenvalue weighted by Gasteiger charge is -2.25. The van der Waals surface area contributed by atoms with Gasteiger partial charge in [-0.25, -0.2) is 17.2 Å². The summed E-state index contributed by atoms with van der Waals surface area (Å²) in [4.78, 5) is 0.0134. The third-order valence-corrected chi connectivity index (χ3v) is 5.67. The first-order valence-electron chi connectivity index (χ1n) is 6.85. The fourth-order valence-corrected chi connectivity index (χ4v) is 3.68. The van der Waals surface area contributed by atoms with E-state index in [1.165, 1.54) is 26.3 Å². The first-order chi connectivity index (χ1) is 10.8. The summed E-state index contributed by atoms with van der Waals surface area (Å²) in [6.45, 7) is 1.60. The van der Waals surface area contributed by atoms with E-state index in [1.807, 2.05) is 0 Å². The molecule has 0 bridgehead atoms. The predicted octanol–water partition coefficient (Wildman–Crippen LogP) is 3.36. The van der Waals surface area contributed by atoms with Gasteiger partial charge in [0.05, 0.1) is 7.11 Å². The Kier molecular flexibility index (Phi) is 5.01. The van der Waals surface area contributed by atoms with Crippen molar-refractivity contribution in [3.8, 4) is 5.75 Å². The summed E-state index contributed by atoms with van der Waals surface area (Å²) in [5.74, 6) is -1.77. The summed E-state index contributed by atoms with van der Waals surface area (Å²) in [6.07, 6.45) is 0. The number of para-hydroxylation sites is 1. The van der Waals surface area contributed by atoms with Gasteiger partial charge >= 0.3 is 0 Å². The van der Waals surface area contributed by atoms with E-state index in [2.05, 4.69) is 0 Å². The van der Waals surface area contributed by atoms with Crippen LogP contribution >= 0.6 is 0 Å². The second-order valence-electron chi connectivity index (χ2n) is 5.02. The van der Waals surface area contributed by atoms with Gasteiger partial charge in [-0.15, -0.1) is 0 Å². The molecule has 0 heterocycles. The molecule has 124 valence electrons. The molecule has 1 atom stereocenters. The number of ether oxygens (including phenoxy) is 1. The summed E-state index contributed by atoms with van der Waals surface area (Å²) in [5.41, 5.74) is 0.352. The van der Waals surface area contributed by atoms with Crippen molar-refractivity contribution in [2.45, 2.75) is 17.9 Å². The van der Waals surface area contributed by atoms with Crippen molar-refractivity contribution in [3.05, 3.63) is 59.7 Å². The zero-order chi connectivity index (χ0) is 17.2. The highest BCUT2D eigenvalue weighted by molar-refractivity contribution is 7.89. The van der Waals surface area contributed by atoms with E-state index in [0.29, 0.717) is 5.56 Å². The van der Waals surface area contributed by atoms with Crippen LogP contribution < -0.4 is 4.74 Å². The van der Waals surface area contributed by atoms with Crippen molar-refractivity contribution in [2.75, 3.05) is 14.2 Å². The van der Waals surface area contributed by atoms with Crippen molar-refractivity contribution in [2.24, 2.45) is 0 Å². The van der Waals surface area contributed by atoms with Gasteiger partial charge in [0, 0.05) is 13.1 Å². The van der Waals surface area contributed by atoms with Crippen LogP contribution in [0.5, 0.6) is 5.75 Å². The fraction of sp³-hybridized carbons (Fsp3) is 0.250. The Labute approximate surface area is 134 Å². The maximum absolute atomic E-state index is 13.4. The third kappa shape index (κ3) is 3.35. The summed E-state index contributed by atoms with van der Waals surface area (Å²) < 4.78 is 58.1. The molecule has 0 aromatic heterocycles. The molecule has 0 spiro atoms. The van der Waals surface area contributed by atoms with E-state index >= 15 is 0 Å². The summed E-state index contributed by atoms with van der Waals surface area (Å²) in [7, 11) is -1.10. The molecular weight excluding hydrogens is 324 g/mol. The van der Waals surface area contributed by atoms with Crippen molar-refractivity contribution in [3.63, 3.8) is 0 Å². The molecule has 0 fully saturated rings. The van der Waals surface area contributed by atoms with Gasteiger partial charge in [0.15, 0.2) is 11.6 Å². The van der Waals surface area contributed by atoms with Crippen LogP contribution in [0.4, 0.5) is 8.78 Å². The van der Waals surface area contributed by atoms with E-state index in [-0.39, 0.29) is 10.6 Å². The SMILES string of the molecule is COc1ccccc1S(=O)(=O)N(C)C(C)c1ccc(F)c(F)c1. The molecular formula is C16H17F2NO3S. The first-order valence-corrected chi connectivity index (χ1v) is 8.29. The highest BCUT2D eigenvalue weighted by Crippen LogP contribution is 2.31. The Bertz CT molecular complexity index is 809. The lowest BCUT2D eigenvalue weighted by molar-refractivity contribution is 0.380. The van der Waals surface area contributed by atoms with Crippen LogP contribution in [-0.4, -0.2) is 26.9 Å². The second-order valence-corrected chi connectivity index (χ2v) is 6.99. The van der Waals surface area contributed by atoms with Crippen LogP contribution in [0, 0.1) is 11.6 Å². The summed E-state index contributed by atoms with van der Waals surface area (Å²) >= 11 is 0. The Morgan fingerprint density at radius 2 is 1.74 bits per heavy atom. The average molecular weight is 341 g/mol. The van der Waals surface area contributed by atoms with Gasteiger partial charge < -0.3 is 4.74 Å². The molecule has 23 heavy (non-hydrogen) atoms. The maximum atomic E-state index is 13.4. The summed E-state index contributed by atoms with van der Waals surface area (Å²) in [5, 5.41) is 0. The normalized spacial score (nSPS) is 13.1.